The second-order valence-electron chi connectivity index (χ2n) is 4.59. The molecule has 1 heterocycles. The number of hydrogen-bond donors (Lipinski definition) is 1. The number of ether oxygens (including phenoxy) is 1. The van der Waals surface area contributed by atoms with Gasteiger partial charge >= 0.3 is 0 Å². The molecule has 82 valence electrons. The topological polar surface area (TPSA) is 38.5 Å². The van der Waals surface area contributed by atoms with Crippen LogP contribution in [-0.4, -0.2) is 42.8 Å². The SMILES string of the molecule is CC1CN(CC=CCN)CC(C)(C)O1. The van der Waals surface area contributed by atoms with Crippen LogP contribution in [0, 0.1) is 0 Å². The Morgan fingerprint density at radius 1 is 1.50 bits per heavy atom. The minimum atomic E-state index is -0.0196. The van der Waals surface area contributed by atoms with Gasteiger partial charge in [-0.25, -0.2) is 0 Å². The summed E-state index contributed by atoms with van der Waals surface area (Å²) in [4.78, 5) is 2.40. The molecule has 3 heteroatoms. The highest BCUT2D eigenvalue weighted by Crippen LogP contribution is 2.20. The standard InChI is InChI=1S/C11H22N2O/c1-10-8-13(7-5-4-6-12)9-11(2,3)14-10/h4-5,10H,6-9,12H2,1-3H3. The van der Waals surface area contributed by atoms with Crippen LogP contribution in [0.3, 0.4) is 0 Å². The molecule has 0 aromatic heterocycles. The molecule has 0 amide bonds. The van der Waals surface area contributed by atoms with Crippen LogP contribution in [0.15, 0.2) is 12.2 Å². The Morgan fingerprint density at radius 2 is 2.21 bits per heavy atom. The lowest BCUT2D eigenvalue weighted by atomic mass is 10.1. The largest absolute Gasteiger partial charge is 0.370 e. The first-order valence-corrected chi connectivity index (χ1v) is 5.29. The lowest BCUT2D eigenvalue weighted by molar-refractivity contribution is -0.126. The van der Waals surface area contributed by atoms with Crippen LogP contribution in [0.5, 0.6) is 0 Å². The van der Waals surface area contributed by atoms with Gasteiger partial charge in [0.15, 0.2) is 0 Å². The molecule has 0 spiro atoms. The van der Waals surface area contributed by atoms with Crippen molar-refractivity contribution in [3.63, 3.8) is 0 Å². The van der Waals surface area contributed by atoms with Gasteiger partial charge in [-0.05, 0) is 20.8 Å². The van der Waals surface area contributed by atoms with Crippen LogP contribution in [0.25, 0.3) is 0 Å². The van der Waals surface area contributed by atoms with Crippen LogP contribution in [0.1, 0.15) is 20.8 Å². The molecular formula is C11H22N2O. The highest BCUT2D eigenvalue weighted by Gasteiger charge is 2.30. The molecule has 3 nitrogen and oxygen atoms in total. The average molecular weight is 198 g/mol. The van der Waals surface area contributed by atoms with Gasteiger partial charge in [0.2, 0.25) is 0 Å². The summed E-state index contributed by atoms with van der Waals surface area (Å²) in [5, 5.41) is 0. The second kappa shape index (κ2) is 4.91. The van der Waals surface area contributed by atoms with Gasteiger partial charge in [-0.3, -0.25) is 4.90 Å². The lowest BCUT2D eigenvalue weighted by Crippen LogP contribution is -2.51. The van der Waals surface area contributed by atoms with Gasteiger partial charge in [-0.2, -0.15) is 0 Å². The fourth-order valence-electron chi connectivity index (χ4n) is 2.04. The van der Waals surface area contributed by atoms with E-state index in [1.165, 1.54) is 0 Å². The smallest absolute Gasteiger partial charge is 0.0757 e. The quantitative estimate of drug-likeness (QED) is 0.688. The van der Waals surface area contributed by atoms with E-state index in [-0.39, 0.29) is 5.60 Å². The van der Waals surface area contributed by atoms with Gasteiger partial charge in [0, 0.05) is 26.2 Å². The predicted octanol–water partition coefficient (Wildman–Crippen LogP) is 1.00. The first-order chi connectivity index (χ1) is 6.53. The molecule has 1 saturated heterocycles. The fourth-order valence-corrected chi connectivity index (χ4v) is 2.04. The Balaban J connectivity index is 2.42. The summed E-state index contributed by atoms with van der Waals surface area (Å²) in [6, 6.07) is 0. The molecule has 1 unspecified atom stereocenters. The first kappa shape index (κ1) is 11.7. The Hall–Kier alpha value is -0.380. The molecule has 0 aliphatic carbocycles. The second-order valence-corrected chi connectivity index (χ2v) is 4.59. The summed E-state index contributed by atoms with van der Waals surface area (Å²) in [6.45, 7) is 10.0. The molecule has 1 atom stereocenters. The molecule has 0 aromatic rings. The monoisotopic (exact) mass is 198 g/mol. The van der Waals surface area contributed by atoms with Crippen molar-refractivity contribution in [2.75, 3.05) is 26.2 Å². The van der Waals surface area contributed by atoms with E-state index in [1.54, 1.807) is 0 Å². The molecule has 0 saturated carbocycles. The van der Waals surface area contributed by atoms with Crippen LogP contribution >= 0.6 is 0 Å². The Labute approximate surface area is 86.9 Å². The molecule has 1 fully saturated rings. The van der Waals surface area contributed by atoms with Crippen molar-refractivity contribution < 1.29 is 4.74 Å². The van der Waals surface area contributed by atoms with E-state index in [1.807, 2.05) is 6.08 Å². The van der Waals surface area contributed by atoms with Crippen LogP contribution in [0.4, 0.5) is 0 Å². The van der Waals surface area contributed by atoms with E-state index in [4.69, 9.17) is 10.5 Å². The molecule has 1 aliphatic rings. The van der Waals surface area contributed by atoms with Crippen molar-refractivity contribution in [2.45, 2.75) is 32.5 Å². The van der Waals surface area contributed by atoms with Gasteiger partial charge < -0.3 is 10.5 Å². The third-order valence-electron chi connectivity index (χ3n) is 2.31. The van der Waals surface area contributed by atoms with Crippen molar-refractivity contribution >= 4 is 0 Å². The van der Waals surface area contributed by atoms with Crippen molar-refractivity contribution in [3.05, 3.63) is 12.2 Å². The number of hydrogen-bond acceptors (Lipinski definition) is 3. The third kappa shape index (κ3) is 3.78. The van der Waals surface area contributed by atoms with Crippen LogP contribution in [0.2, 0.25) is 0 Å². The third-order valence-corrected chi connectivity index (χ3v) is 2.31. The van der Waals surface area contributed by atoms with Crippen molar-refractivity contribution in [1.82, 2.24) is 4.90 Å². The summed E-state index contributed by atoms with van der Waals surface area (Å²) in [5.41, 5.74) is 5.38. The first-order valence-electron chi connectivity index (χ1n) is 5.29. The summed E-state index contributed by atoms with van der Waals surface area (Å²) in [7, 11) is 0. The summed E-state index contributed by atoms with van der Waals surface area (Å²) in [6.07, 6.45) is 4.46. The van der Waals surface area contributed by atoms with E-state index >= 15 is 0 Å². The van der Waals surface area contributed by atoms with E-state index in [9.17, 15) is 0 Å². The summed E-state index contributed by atoms with van der Waals surface area (Å²) >= 11 is 0. The zero-order chi connectivity index (χ0) is 10.6. The van der Waals surface area contributed by atoms with Gasteiger partial charge in [0.25, 0.3) is 0 Å². The van der Waals surface area contributed by atoms with Crippen molar-refractivity contribution in [1.29, 1.82) is 0 Å². The maximum atomic E-state index is 5.82. The van der Waals surface area contributed by atoms with Gasteiger partial charge in [0.05, 0.1) is 11.7 Å². The molecular weight excluding hydrogens is 176 g/mol. The van der Waals surface area contributed by atoms with Crippen molar-refractivity contribution in [3.8, 4) is 0 Å². The fraction of sp³-hybridized carbons (Fsp3) is 0.818. The summed E-state index contributed by atoms with van der Waals surface area (Å²) < 4.78 is 5.82. The minimum absolute atomic E-state index is 0.0196. The van der Waals surface area contributed by atoms with Crippen LogP contribution in [-0.2, 0) is 4.74 Å². The van der Waals surface area contributed by atoms with Gasteiger partial charge in [-0.1, -0.05) is 12.2 Å². The number of nitrogens with zero attached hydrogens (tertiary/aromatic N) is 1. The highest BCUT2D eigenvalue weighted by atomic mass is 16.5. The Morgan fingerprint density at radius 3 is 2.79 bits per heavy atom. The number of rotatable bonds is 3. The van der Waals surface area contributed by atoms with Crippen molar-refractivity contribution in [2.24, 2.45) is 5.73 Å². The predicted molar refractivity (Wildman–Crippen MR) is 59.3 cm³/mol. The molecule has 1 aliphatic heterocycles. The normalized spacial score (nSPS) is 28.4. The maximum Gasteiger partial charge on any atom is 0.0757 e. The Kier molecular flexibility index (Phi) is 4.11. The van der Waals surface area contributed by atoms with Crippen LogP contribution < -0.4 is 5.73 Å². The zero-order valence-corrected chi connectivity index (χ0v) is 9.49. The van der Waals surface area contributed by atoms with E-state index in [0.717, 1.165) is 19.6 Å². The van der Waals surface area contributed by atoms with E-state index in [2.05, 4.69) is 31.7 Å². The highest BCUT2D eigenvalue weighted by molar-refractivity contribution is 4.90. The van der Waals surface area contributed by atoms with Gasteiger partial charge in [0.1, 0.15) is 0 Å². The van der Waals surface area contributed by atoms with E-state index < -0.39 is 0 Å². The molecule has 0 bridgehead atoms. The molecule has 0 aromatic carbocycles. The maximum absolute atomic E-state index is 5.82. The zero-order valence-electron chi connectivity index (χ0n) is 9.49. The Bertz CT molecular complexity index is 201. The number of morpholine rings is 1. The molecule has 14 heavy (non-hydrogen) atoms. The molecule has 2 N–H and O–H groups in total. The van der Waals surface area contributed by atoms with E-state index in [0.29, 0.717) is 12.6 Å². The molecule has 0 radical (unpaired) electrons. The average Bonchev–Trinajstić information content (AvgIpc) is 2.00. The number of nitrogens with two attached hydrogens (primary N) is 1. The lowest BCUT2D eigenvalue weighted by Gasteiger charge is -2.41. The van der Waals surface area contributed by atoms with Gasteiger partial charge in [-0.15, -0.1) is 0 Å². The minimum Gasteiger partial charge on any atom is -0.370 e. The summed E-state index contributed by atoms with van der Waals surface area (Å²) in [5.74, 6) is 0. The molecule has 1 rings (SSSR count).